The molecule has 0 unspecified atom stereocenters. The van der Waals surface area contributed by atoms with Crippen molar-refractivity contribution >= 4 is 17.3 Å². The van der Waals surface area contributed by atoms with Gasteiger partial charge in [-0.1, -0.05) is 0 Å². The molecule has 0 atom stereocenters. The van der Waals surface area contributed by atoms with Gasteiger partial charge in [0.1, 0.15) is 4.88 Å². The van der Waals surface area contributed by atoms with E-state index < -0.39 is 0 Å². The molecule has 1 fully saturated rings. The van der Waals surface area contributed by atoms with Crippen molar-refractivity contribution in [3.63, 3.8) is 0 Å². The van der Waals surface area contributed by atoms with E-state index in [1.54, 1.807) is 0 Å². The maximum Gasteiger partial charge on any atom is 0.350 e. The summed E-state index contributed by atoms with van der Waals surface area (Å²) in [5, 5.41) is 1.08. The summed E-state index contributed by atoms with van der Waals surface area (Å²) in [6, 6.07) is 0. The molecule has 0 amide bonds. The van der Waals surface area contributed by atoms with Gasteiger partial charge in [-0.2, -0.15) is 0 Å². The molecule has 82 valence electrons. The molecule has 2 rings (SSSR count). The lowest BCUT2D eigenvalue weighted by molar-refractivity contribution is 0.0531. The van der Waals surface area contributed by atoms with Gasteiger partial charge in [0.25, 0.3) is 0 Å². The van der Waals surface area contributed by atoms with Gasteiger partial charge < -0.3 is 4.74 Å². The van der Waals surface area contributed by atoms with Crippen LogP contribution in [-0.2, 0) is 11.2 Å². The third-order valence-corrected chi connectivity index (χ3v) is 3.62. The van der Waals surface area contributed by atoms with E-state index in [0.29, 0.717) is 11.5 Å². The average molecular weight is 225 g/mol. The van der Waals surface area contributed by atoms with Crippen LogP contribution in [0.15, 0.2) is 0 Å². The van der Waals surface area contributed by atoms with E-state index in [2.05, 4.69) is 4.98 Å². The fourth-order valence-electron chi connectivity index (χ4n) is 1.49. The van der Waals surface area contributed by atoms with Crippen LogP contribution in [0.2, 0.25) is 0 Å². The minimum Gasteiger partial charge on any atom is -0.462 e. The first kappa shape index (κ1) is 10.6. The number of nitrogens with zero attached hydrogens (tertiary/aromatic N) is 1. The highest BCUT2D eigenvalue weighted by Crippen LogP contribution is 2.34. The van der Waals surface area contributed by atoms with Crippen LogP contribution >= 0.6 is 11.3 Å². The largest absolute Gasteiger partial charge is 0.462 e. The Bertz CT molecular complexity index is 369. The molecule has 15 heavy (non-hydrogen) atoms. The molecule has 0 radical (unpaired) electrons. The molecule has 0 spiro atoms. The Hall–Kier alpha value is -0.900. The average Bonchev–Trinajstić information content (AvgIpc) is 2.90. The third-order valence-electron chi connectivity index (χ3n) is 2.46. The van der Waals surface area contributed by atoms with Crippen LogP contribution < -0.4 is 0 Å². The zero-order valence-electron chi connectivity index (χ0n) is 9.08. The topological polar surface area (TPSA) is 39.2 Å². The molecule has 0 aliphatic heterocycles. The molecule has 1 aromatic heterocycles. The fraction of sp³-hybridized carbons (Fsp3) is 0.636. The predicted octanol–water partition coefficient (Wildman–Crippen LogP) is 2.58. The van der Waals surface area contributed by atoms with Gasteiger partial charge in [-0.05, 0) is 32.6 Å². The fourth-order valence-corrected chi connectivity index (χ4v) is 2.57. The lowest BCUT2D eigenvalue weighted by Gasteiger charge is -1.97. The molecule has 0 bridgehead atoms. The van der Waals surface area contributed by atoms with Crippen molar-refractivity contribution in [3.8, 4) is 0 Å². The van der Waals surface area contributed by atoms with Gasteiger partial charge in [0.05, 0.1) is 17.3 Å². The Labute approximate surface area is 93.5 Å². The van der Waals surface area contributed by atoms with Gasteiger partial charge in [-0.15, -0.1) is 11.3 Å². The predicted molar refractivity (Wildman–Crippen MR) is 59.2 cm³/mol. The SMILES string of the molecule is CCOC(=O)c1sc(CC2CC2)nc1C. The summed E-state index contributed by atoms with van der Waals surface area (Å²) in [7, 11) is 0. The first-order chi connectivity index (χ1) is 7.20. The normalized spacial score (nSPS) is 15.3. The van der Waals surface area contributed by atoms with Gasteiger partial charge in [-0.25, -0.2) is 9.78 Å². The molecule has 4 heteroatoms. The van der Waals surface area contributed by atoms with Crippen LogP contribution in [-0.4, -0.2) is 17.6 Å². The molecule has 1 heterocycles. The van der Waals surface area contributed by atoms with Crippen molar-refractivity contribution in [1.29, 1.82) is 0 Å². The minimum atomic E-state index is -0.227. The van der Waals surface area contributed by atoms with Crippen molar-refractivity contribution in [1.82, 2.24) is 4.98 Å². The highest BCUT2D eigenvalue weighted by molar-refractivity contribution is 7.13. The van der Waals surface area contributed by atoms with E-state index >= 15 is 0 Å². The number of ether oxygens (including phenoxy) is 1. The van der Waals surface area contributed by atoms with Crippen LogP contribution in [0.4, 0.5) is 0 Å². The summed E-state index contributed by atoms with van der Waals surface area (Å²) in [5.41, 5.74) is 0.814. The van der Waals surface area contributed by atoms with E-state index in [1.165, 1.54) is 24.2 Å². The lowest BCUT2D eigenvalue weighted by atomic mass is 10.3. The standard InChI is InChI=1S/C11H15NO2S/c1-3-14-11(13)10-7(2)12-9(15-10)6-8-4-5-8/h8H,3-6H2,1-2H3. The lowest BCUT2D eigenvalue weighted by Crippen LogP contribution is -2.03. The molecule has 1 aromatic rings. The van der Waals surface area contributed by atoms with Crippen LogP contribution in [0.25, 0.3) is 0 Å². The number of hydrogen-bond donors (Lipinski definition) is 0. The van der Waals surface area contributed by atoms with E-state index in [4.69, 9.17) is 4.74 Å². The molecule has 0 aromatic carbocycles. The highest BCUT2D eigenvalue weighted by Gasteiger charge is 2.24. The van der Waals surface area contributed by atoms with E-state index in [-0.39, 0.29) is 5.97 Å². The van der Waals surface area contributed by atoms with Crippen LogP contribution in [0.1, 0.15) is 40.1 Å². The van der Waals surface area contributed by atoms with Crippen LogP contribution in [0, 0.1) is 12.8 Å². The van der Waals surface area contributed by atoms with Crippen molar-refractivity contribution in [2.75, 3.05) is 6.61 Å². The quantitative estimate of drug-likeness (QED) is 0.739. The number of rotatable bonds is 4. The maximum atomic E-state index is 11.5. The van der Waals surface area contributed by atoms with Gasteiger partial charge in [0, 0.05) is 6.42 Å². The number of esters is 1. The summed E-state index contributed by atoms with van der Waals surface area (Å²) < 4.78 is 4.97. The van der Waals surface area contributed by atoms with Crippen molar-refractivity contribution in [2.24, 2.45) is 5.92 Å². The van der Waals surface area contributed by atoms with Crippen molar-refractivity contribution in [3.05, 3.63) is 15.6 Å². The number of carbonyl (C=O) groups excluding carboxylic acids is 1. The van der Waals surface area contributed by atoms with Crippen LogP contribution in [0.5, 0.6) is 0 Å². The second kappa shape index (κ2) is 4.31. The molecule has 1 aliphatic carbocycles. The first-order valence-corrected chi connectivity index (χ1v) is 6.15. The second-order valence-electron chi connectivity index (χ2n) is 3.89. The smallest absolute Gasteiger partial charge is 0.350 e. The maximum absolute atomic E-state index is 11.5. The zero-order chi connectivity index (χ0) is 10.8. The number of carbonyl (C=O) groups is 1. The summed E-state index contributed by atoms with van der Waals surface area (Å²) >= 11 is 1.49. The Morgan fingerprint density at radius 2 is 2.33 bits per heavy atom. The summed E-state index contributed by atoms with van der Waals surface area (Å²) in [6.45, 7) is 4.12. The monoisotopic (exact) mass is 225 g/mol. The minimum absolute atomic E-state index is 0.227. The summed E-state index contributed by atoms with van der Waals surface area (Å²) in [6.07, 6.45) is 3.66. The highest BCUT2D eigenvalue weighted by atomic mass is 32.1. The molecular weight excluding hydrogens is 210 g/mol. The number of hydrogen-bond acceptors (Lipinski definition) is 4. The van der Waals surface area contributed by atoms with Gasteiger partial charge in [0.2, 0.25) is 0 Å². The summed E-state index contributed by atoms with van der Waals surface area (Å²) in [5.74, 6) is 0.583. The molecule has 0 saturated heterocycles. The zero-order valence-corrected chi connectivity index (χ0v) is 9.89. The second-order valence-corrected chi connectivity index (χ2v) is 4.97. The Kier molecular flexibility index (Phi) is 3.05. The molecule has 0 N–H and O–H groups in total. The molecule has 3 nitrogen and oxygen atoms in total. The first-order valence-electron chi connectivity index (χ1n) is 5.34. The molecular formula is C11H15NO2S. The van der Waals surface area contributed by atoms with Crippen molar-refractivity contribution < 1.29 is 9.53 Å². The Balaban J connectivity index is 2.09. The van der Waals surface area contributed by atoms with Gasteiger partial charge >= 0.3 is 5.97 Å². The van der Waals surface area contributed by atoms with Gasteiger partial charge in [-0.3, -0.25) is 0 Å². The van der Waals surface area contributed by atoms with E-state index in [0.717, 1.165) is 23.0 Å². The Morgan fingerprint density at radius 1 is 1.60 bits per heavy atom. The van der Waals surface area contributed by atoms with Crippen LogP contribution in [0.3, 0.4) is 0 Å². The molecule has 1 saturated carbocycles. The summed E-state index contributed by atoms with van der Waals surface area (Å²) in [4.78, 5) is 16.6. The van der Waals surface area contributed by atoms with Crippen molar-refractivity contribution in [2.45, 2.75) is 33.1 Å². The number of aryl methyl sites for hydroxylation is 1. The van der Waals surface area contributed by atoms with E-state index in [1.807, 2.05) is 13.8 Å². The van der Waals surface area contributed by atoms with E-state index in [9.17, 15) is 4.79 Å². The Morgan fingerprint density at radius 3 is 2.93 bits per heavy atom. The number of aromatic nitrogens is 1. The third kappa shape index (κ3) is 2.56. The number of thiazole rings is 1. The van der Waals surface area contributed by atoms with Gasteiger partial charge in [0.15, 0.2) is 0 Å². The molecule has 1 aliphatic rings.